The lowest BCUT2D eigenvalue weighted by atomic mass is 9.94. The lowest BCUT2D eigenvalue weighted by Crippen LogP contribution is -2.25. The number of rotatable bonds is 5. The number of halogens is 6. The van der Waals surface area contributed by atoms with Gasteiger partial charge in [-0.1, -0.05) is 45.0 Å². The molecule has 3 aromatic carbocycles. The maximum absolute atomic E-state index is 14.7. The molecule has 2 unspecified atom stereocenters. The summed E-state index contributed by atoms with van der Waals surface area (Å²) in [5, 5.41) is 0. The maximum Gasteiger partial charge on any atom is 0.432 e. The van der Waals surface area contributed by atoms with Gasteiger partial charge in [-0.2, -0.15) is 8.78 Å². The van der Waals surface area contributed by atoms with E-state index < -0.39 is 46.3 Å². The van der Waals surface area contributed by atoms with E-state index in [1.54, 1.807) is 24.3 Å². The number of hydrogen-bond donors (Lipinski definition) is 0. The highest BCUT2D eigenvalue weighted by molar-refractivity contribution is 5.64. The zero-order chi connectivity index (χ0) is 26.6. The summed E-state index contributed by atoms with van der Waals surface area (Å²) in [5.74, 6) is -5.77. The van der Waals surface area contributed by atoms with Gasteiger partial charge in [0.1, 0.15) is 34.6 Å². The highest BCUT2D eigenvalue weighted by atomic mass is 19.3. The molecule has 1 fully saturated rings. The Morgan fingerprint density at radius 1 is 0.806 bits per heavy atom. The van der Waals surface area contributed by atoms with Crippen molar-refractivity contribution in [3.63, 3.8) is 0 Å². The molecule has 0 bridgehead atoms. The number of alkyl halides is 2. The lowest BCUT2D eigenvalue weighted by Gasteiger charge is -2.27. The summed E-state index contributed by atoms with van der Waals surface area (Å²) >= 11 is 0. The zero-order valence-corrected chi connectivity index (χ0v) is 20.5. The molecule has 0 N–H and O–H groups in total. The molecule has 8 heteroatoms. The Morgan fingerprint density at radius 3 is 1.86 bits per heavy atom. The van der Waals surface area contributed by atoms with E-state index in [2.05, 4.69) is 11.7 Å². The third kappa shape index (κ3) is 6.03. The topological polar surface area (TPSA) is 18.5 Å². The van der Waals surface area contributed by atoms with Gasteiger partial charge in [-0.05, 0) is 54.5 Å². The predicted molar refractivity (Wildman–Crippen MR) is 126 cm³/mol. The van der Waals surface area contributed by atoms with Crippen LogP contribution in [0.1, 0.15) is 56.4 Å². The van der Waals surface area contributed by atoms with Crippen molar-refractivity contribution in [2.24, 2.45) is 5.92 Å². The molecule has 0 amide bonds. The molecular formula is C28H28F6O2. The Bertz CT molecular complexity index is 1140. The first-order valence-electron chi connectivity index (χ1n) is 11.8. The van der Waals surface area contributed by atoms with Crippen LogP contribution in [0.2, 0.25) is 0 Å². The molecule has 2 nitrogen and oxygen atoms in total. The van der Waals surface area contributed by atoms with Crippen LogP contribution in [0.25, 0.3) is 11.1 Å². The summed E-state index contributed by atoms with van der Waals surface area (Å²) in [6.45, 7) is 7.88. The molecule has 0 spiro atoms. The third-order valence-corrected chi connectivity index (χ3v) is 5.95. The number of ether oxygens (including phenoxy) is 2. The van der Waals surface area contributed by atoms with Crippen LogP contribution >= 0.6 is 0 Å². The van der Waals surface area contributed by atoms with E-state index in [1.165, 1.54) is 0 Å². The number of benzene rings is 3. The monoisotopic (exact) mass is 510 g/mol. The minimum atomic E-state index is -4.51. The summed E-state index contributed by atoms with van der Waals surface area (Å²) in [6.07, 6.45) is -2.68. The van der Waals surface area contributed by atoms with E-state index in [1.807, 2.05) is 13.8 Å². The molecule has 0 aromatic heterocycles. The Labute approximate surface area is 206 Å². The van der Waals surface area contributed by atoms with Crippen molar-refractivity contribution < 1.29 is 35.8 Å². The van der Waals surface area contributed by atoms with Gasteiger partial charge in [-0.15, -0.1) is 0 Å². The molecule has 36 heavy (non-hydrogen) atoms. The fourth-order valence-corrected chi connectivity index (χ4v) is 3.93. The van der Waals surface area contributed by atoms with Crippen LogP contribution in [0.5, 0.6) is 5.75 Å². The van der Waals surface area contributed by atoms with Crippen LogP contribution < -0.4 is 4.74 Å². The highest BCUT2D eigenvalue weighted by Crippen LogP contribution is 2.38. The Kier molecular flexibility index (Phi) is 8.71. The standard InChI is InChI=1S/C26H22F6O2.C2H6/c1-14-3-8-24(33-13-14)17-6-4-16(5-7-17)18-9-22(29)25(23(30)10-18)26(31,32)34-19-11-20(27)15(2)21(28)12-19;1-2/h4-7,9-12,14,24H,3,8,13H2,1-2H3;1-2H3. The first-order chi connectivity index (χ1) is 17.0. The van der Waals surface area contributed by atoms with Gasteiger partial charge in [0.15, 0.2) is 0 Å². The first kappa shape index (κ1) is 27.6. The molecule has 1 saturated heterocycles. The highest BCUT2D eigenvalue weighted by Gasteiger charge is 2.41. The quantitative estimate of drug-likeness (QED) is 0.319. The van der Waals surface area contributed by atoms with Crippen molar-refractivity contribution in [3.8, 4) is 16.9 Å². The van der Waals surface area contributed by atoms with Gasteiger partial charge in [0.25, 0.3) is 0 Å². The molecule has 3 aromatic rings. The average Bonchev–Trinajstić information content (AvgIpc) is 2.83. The van der Waals surface area contributed by atoms with Gasteiger partial charge in [0.05, 0.1) is 6.10 Å². The normalized spacial score (nSPS) is 17.8. The van der Waals surface area contributed by atoms with E-state index in [9.17, 15) is 26.3 Å². The smallest absolute Gasteiger partial charge is 0.429 e. The van der Waals surface area contributed by atoms with E-state index in [4.69, 9.17) is 4.74 Å². The SMILES string of the molecule is CC.Cc1c(F)cc(OC(F)(F)c2c(F)cc(-c3ccc(C4CCC(C)CO4)cc3)cc2F)cc1F. The summed E-state index contributed by atoms with van der Waals surface area (Å²) in [6, 6.07) is 9.40. The van der Waals surface area contributed by atoms with Crippen molar-refractivity contribution in [2.45, 2.75) is 52.7 Å². The first-order valence-corrected chi connectivity index (χ1v) is 11.8. The second kappa shape index (κ2) is 11.4. The zero-order valence-electron chi connectivity index (χ0n) is 20.5. The minimum Gasteiger partial charge on any atom is -0.429 e. The fraction of sp³-hybridized carbons (Fsp3) is 0.357. The maximum atomic E-state index is 14.7. The van der Waals surface area contributed by atoms with E-state index in [0.717, 1.165) is 37.5 Å². The second-order valence-electron chi connectivity index (χ2n) is 8.57. The van der Waals surface area contributed by atoms with E-state index in [0.29, 0.717) is 30.2 Å². The summed E-state index contributed by atoms with van der Waals surface area (Å²) in [7, 11) is 0. The molecule has 4 rings (SSSR count). The van der Waals surface area contributed by atoms with Crippen LogP contribution in [0.15, 0.2) is 48.5 Å². The van der Waals surface area contributed by atoms with Gasteiger partial charge in [-0.25, -0.2) is 17.6 Å². The van der Waals surface area contributed by atoms with Crippen molar-refractivity contribution in [2.75, 3.05) is 6.61 Å². The molecule has 0 radical (unpaired) electrons. The van der Waals surface area contributed by atoms with Crippen molar-refractivity contribution in [3.05, 3.63) is 88.5 Å². The minimum absolute atomic E-state index is 0.0479. The van der Waals surface area contributed by atoms with Gasteiger partial charge < -0.3 is 9.47 Å². The number of hydrogen-bond acceptors (Lipinski definition) is 2. The van der Waals surface area contributed by atoms with Gasteiger partial charge in [0, 0.05) is 24.3 Å². The van der Waals surface area contributed by atoms with Crippen LogP contribution in [-0.4, -0.2) is 6.61 Å². The second-order valence-corrected chi connectivity index (χ2v) is 8.57. The molecule has 0 saturated carbocycles. The van der Waals surface area contributed by atoms with Crippen molar-refractivity contribution >= 4 is 0 Å². The Balaban J connectivity index is 0.00000176. The van der Waals surface area contributed by atoms with Crippen LogP contribution in [0.3, 0.4) is 0 Å². The van der Waals surface area contributed by atoms with Gasteiger partial charge in [-0.3, -0.25) is 0 Å². The Hall–Kier alpha value is -3.00. The van der Waals surface area contributed by atoms with Crippen LogP contribution in [0, 0.1) is 36.1 Å². The molecular weight excluding hydrogens is 482 g/mol. The van der Waals surface area contributed by atoms with Crippen LogP contribution in [-0.2, 0) is 10.8 Å². The molecule has 1 aliphatic rings. The molecule has 1 aliphatic heterocycles. The molecule has 194 valence electrons. The molecule has 1 heterocycles. The van der Waals surface area contributed by atoms with Crippen molar-refractivity contribution in [1.82, 2.24) is 0 Å². The fourth-order valence-electron chi connectivity index (χ4n) is 3.93. The summed E-state index contributed by atoms with van der Waals surface area (Å²) in [4.78, 5) is 0. The Morgan fingerprint density at radius 2 is 1.36 bits per heavy atom. The summed E-state index contributed by atoms with van der Waals surface area (Å²) < 4.78 is 95.9. The van der Waals surface area contributed by atoms with E-state index >= 15 is 0 Å². The van der Waals surface area contributed by atoms with Gasteiger partial charge in [0.2, 0.25) is 0 Å². The largest absolute Gasteiger partial charge is 0.432 e. The van der Waals surface area contributed by atoms with E-state index in [-0.39, 0.29) is 11.7 Å². The van der Waals surface area contributed by atoms with Gasteiger partial charge >= 0.3 is 6.11 Å². The predicted octanol–water partition coefficient (Wildman–Crippen LogP) is 8.86. The van der Waals surface area contributed by atoms with Crippen molar-refractivity contribution in [1.29, 1.82) is 0 Å². The lowest BCUT2D eigenvalue weighted by molar-refractivity contribution is -0.189. The average molecular weight is 511 g/mol. The molecule has 2 atom stereocenters. The van der Waals surface area contributed by atoms with Crippen LogP contribution in [0.4, 0.5) is 26.3 Å². The summed E-state index contributed by atoms with van der Waals surface area (Å²) in [5.41, 5.74) is -0.659. The third-order valence-electron chi connectivity index (χ3n) is 5.95. The molecule has 0 aliphatic carbocycles.